The Morgan fingerprint density at radius 1 is 1.45 bits per heavy atom. The van der Waals surface area contributed by atoms with Crippen LogP contribution in [0.3, 0.4) is 0 Å². The van der Waals surface area contributed by atoms with Gasteiger partial charge >= 0.3 is 0 Å². The lowest BCUT2D eigenvalue weighted by Crippen LogP contribution is -2.26. The first-order valence-electron chi connectivity index (χ1n) is 6.45. The third kappa shape index (κ3) is 4.85. The third-order valence-electron chi connectivity index (χ3n) is 2.67. The van der Waals surface area contributed by atoms with E-state index in [1.165, 1.54) is 18.0 Å². The van der Waals surface area contributed by atoms with Crippen LogP contribution in [0.4, 0.5) is 0 Å². The van der Waals surface area contributed by atoms with Crippen LogP contribution in [-0.4, -0.2) is 27.5 Å². The third-order valence-corrected chi connectivity index (χ3v) is 4.22. The van der Waals surface area contributed by atoms with Crippen molar-refractivity contribution in [1.29, 1.82) is 0 Å². The van der Waals surface area contributed by atoms with Gasteiger partial charge in [-0.15, -0.1) is 0 Å². The highest BCUT2D eigenvalue weighted by atomic mass is 79.9. The number of hydrogen-bond donors (Lipinski definition) is 2. The summed E-state index contributed by atoms with van der Waals surface area (Å²) in [5.74, 6) is -0.140. The first-order valence-corrected chi connectivity index (χ1v) is 8.12. The summed E-state index contributed by atoms with van der Waals surface area (Å²) in [5, 5.41) is 14.0. The van der Waals surface area contributed by atoms with Crippen molar-refractivity contribution in [1.82, 2.24) is 10.4 Å². The van der Waals surface area contributed by atoms with Crippen LogP contribution in [0.5, 0.6) is 5.75 Å². The number of hydrogen-bond acceptors (Lipinski definition) is 5. The lowest BCUT2D eigenvalue weighted by Gasteiger charge is -2.08. The normalized spacial score (nSPS) is 12.3. The Morgan fingerprint density at radius 2 is 2.27 bits per heavy atom. The molecule has 0 spiro atoms. The van der Waals surface area contributed by atoms with Gasteiger partial charge in [-0.05, 0) is 37.3 Å². The number of phenols is 1. The number of amides is 1. The molecule has 0 radical (unpaired) electrons. The number of rotatable bonds is 5. The highest BCUT2D eigenvalue weighted by Crippen LogP contribution is 2.21. The van der Waals surface area contributed by atoms with Gasteiger partial charge in [0, 0.05) is 16.2 Å². The van der Waals surface area contributed by atoms with Gasteiger partial charge in [0.1, 0.15) is 5.75 Å². The summed E-state index contributed by atoms with van der Waals surface area (Å²) < 4.78 is 0.817. The highest BCUT2D eigenvalue weighted by molar-refractivity contribution is 9.10. The lowest BCUT2D eigenvalue weighted by atomic mass is 10.2. The molecule has 0 aliphatic heterocycles. The number of halogens is 1. The summed E-state index contributed by atoms with van der Waals surface area (Å²) in [7, 11) is 0. The maximum absolute atomic E-state index is 11.9. The highest BCUT2D eigenvalue weighted by Gasteiger charge is 2.14. The molecule has 22 heavy (non-hydrogen) atoms. The van der Waals surface area contributed by atoms with Gasteiger partial charge in [-0.25, -0.2) is 10.4 Å². The van der Waals surface area contributed by atoms with Gasteiger partial charge in [0.25, 0.3) is 5.91 Å². The summed E-state index contributed by atoms with van der Waals surface area (Å²) in [6.45, 7) is 1.78. The Balaban J connectivity index is 1.91. The Bertz CT molecular complexity index is 680. The average molecular weight is 380 g/mol. The van der Waals surface area contributed by atoms with Crippen molar-refractivity contribution in [2.45, 2.75) is 17.2 Å². The molecule has 1 heterocycles. The van der Waals surface area contributed by atoms with E-state index in [1.54, 1.807) is 31.3 Å². The topological polar surface area (TPSA) is 74.6 Å². The van der Waals surface area contributed by atoms with Crippen LogP contribution in [0.1, 0.15) is 12.5 Å². The zero-order valence-electron chi connectivity index (χ0n) is 11.7. The van der Waals surface area contributed by atoms with Crippen LogP contribution in [0.15, 0.2) is 57.2 Å². The van der Waals surface area contributed by atoms with E-state index in [1.807, 2.05) is 18.2 Å². The van der Waals surface area contributed by atoms with E-state index in [9.17, 15) is 9.90 Å². The largest absolute Gasteiger partial charge is 0.507 e. The smallest absolute Gasteiger partial charge is 0.253 e. The van der Waals surface area contributed by atoms with E-state index in [2.05, 4.69) is 31.4 Å². The van der Waals surface area contributed by atoms with Crippen molar-refractivity contribution in [3.63, 3.8) is 0 Å². The number of carbonyl (C=O) groups is 1. The molecule has 7 heteroatoms. The van der Waals surface area contributed by atoms with Crippen LogP contribution >= 0.6 is 27.7 Å². The van der Waals surface area contributed by atoms with E-state index in [4.69, 9.17) is 0 Å². The van der Waals surface area contributed by atoms with Gasteiger partial charge in [-0.3, -0.25) is 4.79 Å². The molecule has 2 aromatic rings. The number of nitrogens with one attached hydrogen (secondary N) is 1. The average Bonchev–Trinajstić information content (AvgIpc) is 2.51. The zero-order chi connectivity index (χ0) is 15.9. The molecule has 0 aliphatic carbocycles. The molecule has 1 aromatic carbocycles. The summed E-state index contributed by atoms with van der Waals surface area (Å²) in [4.78, 5) is 16.1. The number of nitrogens with zero attached hydrogens (tertiary/aromatic N) is 2. The van der Waals surface area contributed by atoms with Crippen LogP contribution in [0.25, 0.3) is 0 Å². The summed E-state index contributed by atoms with van der Waals surface area (Å²) in [5.41, 5.74) is 2.97. The molecule has 1 aromatic heterocycles. The fraction of sp³-hybridized carbons (Fsp3) is 0.133. The van der Waals surface area contributed by atoms with Gasteiger partial charge in [0.2, 0.25) is 0 Å². The number of aromatic nitrogens is 1. The van der Waals surface area contributed by atoms with E-state index in [0.717, 1.165) is 9.50 Å². The molecule has 0 aliphatic rings. The predicted octanol–water partition coefficient (Wildman–Crippen LogP) is 3.18. The molecule has 0 bridgehead atoms. The molecule has 0 saturated carbocycles. The second-order valence-electron chi connectivity index (χ2n) is 4.37. The van der Waals surface area contributed by atoms with Gasteiger partial charge in [0.15, 0.2) is 0 Å². The molecule has 5 nitrogen and oxygen atoms in total. The molecular formula is C15H14BrN3O2S. The fourth-order valence-corrected chi connectivity index (χ4v) is 2.72. The summed E-state index contributed by atoms with van der Waals surface area (Å²) >= 11 is 4.66. The van der Waals surface area contributed by atoms with Crippen molar-refractivity contribution >= 4 is 39.8 Å². The minimum Gasteiger partial charge on any atom is -0.507 e. The first kappa shape index (κ1) is 16.5. The fourth-order valence-electron chi connectivity index (χ4n) is 1.54. The van der Waals surface area contributed by atoms with Crippen LogP contribution in [-0.2, 0) is 4.79 Å². The Labute approximate surface area is 141 Å². The monoisotopic (exact) mass is 379 g/mol. The zero-order valence-corrected chi connectivity index (χ0v) is 14.1. The Kier molecular flexibility index (Phi) is 5.97. The van der Waals surface area contributed by atoms with E-state index in [0.29, 0.717) is 5.56 Å². The van der Waals surface area contributed by atoms with E-state index >= 15 is 0 Å². The predicted molar refractivity (Wildman–Crippen MR) is 91.1 cm³/mol. The number of benzene rings is 1. The second kappa shape index (κ2) is 7.95. The molecule has 2 rings (SSSR count). The number of aromatic hydroxyl groups is 1. The molecule has 114 valence electrons. The molecule has 1 atom stereocenters. The maximum Gasteiger partial charge on any atom is 0.253 e. The van der Waals surface area contributed by atoms with E-state index in [-0.39, 0.29) is 16.9 Å². The molecule has 0 unspecified atom stereocenters. The maximum atomic E-state index is 11.9. The first-order chi connectivity index (χ1) is 10.6. The van der Waals surface area contributed by atoms with Crippen LogP contribution < -0.4 is 5.43 Å². The van der Waals surface area contributed by atoms with Crippen LogP contribution in [0.2, 0.25) is 0 Å². The molecule has 1 amide bonds. The minimum atomic E-state index is -0.330. The van der Waals surface area contributed by atoms with Gasteiger partial charge < -0.3 is 5.11 Å². The lowest BCUT2D eigenvalue weighted by molar-refractivity contribution is -0.120. The summed E-state index contributed by atoms with van der Waals surface area (Å²) in [6.07, 6.45) is 3.08. The SMILES string of the molecule is C[C@H](Sc1ccccn1)C(=O)N/N=C/c1cc(Br)ccc1O. The van der Waals surface area contributed by atoms with Gasteiger partial charge in [-0.2, -0.15) is 5.10 Å². The van der Waals surface area contributed by atoms with Crippen molar-refractivity contribution in [3.05, 3.63) is 52.6 Å². The standard InChI is InChI=1S/C15H14BrN3O2S/c1-10(22-14-4-2-3-7-17-14)15(21)19-18-9-11-8-12(16)5-6-13(11)20/h2-10,20H,1H3,(H,19,21)/b18-9+/t10-/m0/s1. The van der Waals surface area contributed by atoms with Crippen molar-refractivity contribution in [2.24, 2.45) is 5.10 Å². The molecule has 2 N–H and O–H groups in total. The second-order valence-corrected chi connectivity index (χ2v) is 6.64. The van der Waals surface area contributed by atoms with Crippen molar-refractivity contribution in [2.75, 3.05) is 0 Å². The molecular weight excluding hydrogens is 366 g/mol. The molecule has 0 saturated heterocycles. The molecule has 0 fully saturated rings. The quantitative estimate of drug-likeness (QED) is 0.475. The van der Waals surface area contributed by atoms with E-state index < -0.39 is 0 Å². The van der Waals surface area contributed by atoms with Gasteiger partial charge in [-0.1, -0.05) is 33.8 Å². The minimum absolute atomic E-state index is 0.0945. The number of thioether (sulfide) groups is 1. The van der Waals surface area contributed by atoms with Crippen molar-refractivity contribution < 1.29 is 9.90 Å². The van der Waals surface area contributed by atoms with Gasteiger partial charge in [0.05, 0.1) is 16.5 Å². The Morgan fingerprint density at radius 3 is 3.00 bits per heavy atom. The van der Waals surface area contributed by atoms with Crippen molar-refractivity contribution in [3.8, 4) is 5.75 Å². The van der Waals surface area contributed by atoms with Crippen LogP contribution in [0, 0.1) is 0 Å². The number of hydrazone groups is 1. The Hall–Kier alpha value is -1.86. The number of pyridine rings is 1. The number of carbonyl (C=O) groups excluding carboxylic acids is 1. The summed E-state index contributed by atoms with van der Waals surface area (Å²) in [6, 6.07) is 10.5. The number of phenolic OH excluding ortho intramolecular Hbond substituents is 1.